The number of nitriles is 1. The van der Waals surface area contributed by atoms with E-state index in [0.717, 1.165) is 35.2 Å². The van der Waals surface area contributed by atoms with Crippen molar-refractivity contribution in [1.82, 2.24) is 19.6 Å². The summed E-state index contributed by atoms with van der Waals surface area (Å²) >= 11 is 6.08. The van der Waals surface area contributed by atoms with Crippen molar-refractivity contribution < 1.29 is 14.7 Å². The fourth-order valence-electron chi connectivity index (χ4n) is 5.86. The Hall–Kier alpha value is -3.67. The zero-order chi connectivity index (χ0) is 27.6. The van der Waals surface area contributed by atoms with E-state index in [4.69, 9.17) is 16.7 Å². The predicted octanol–water partition coefficient (Wildman–Crippen LogP) is 4.75. The van der Waals surface area contributed by atoms with Crippen LogP contribution in [0.4, 0.5) is 0 Å². The molecule has 8 nitrogen and oxygen atoms in total. The van der Waals surface area contributed by atoms with Gasteiger partial charge in [0.25, 0.3) is 11.8 Å². The Bertz CT molecular complexity index is 1540. The number of rotatable bonds is 4. The highest BCUT2D eigenvalue weighted by Crippen LogP contribution is 2.45. The predicted molar refractivity (Wildman–Crippen MR) is 145 cm³/mol. The fourth-order valence-corrected chi connectivity index (χ4v) is 6.02. The van der Waals surface area contributed by atoms with Crippen LogP contribution in [-0.4, -0.2) is 49.1 Å². The van der Waals surface area contributed by atoms with Gasteiger partial charge in [0.2, 0.25) is 0 Å². The van der Waals surface area contributed by atoms with Crippen LogP contribution >= 0.6 is 11.6 Å². The van der Waals surface area contributed by atoms with Gasteiger partial charge in [-0.3, -0.25) is 14.3 Å². The molecule has 1 aliphatic carbocycles. The molecule has 39 heavy (non-hydrogen) atoms. The maximum Gasteiger partial charge on any atom is 0.273 e. The van der Waals surface area contributed by atoms with Crippen molar-refractivity contribution in [1.29, 1.82) is 5.26 Å². The van der Waals surface area contributed by atoms with E-state index >= 15 is 0 Å². The van der Waals surface area contributed by atoms with E-state index in [9.17, 15) is 20.0 Å². The quantitative estimate of drug-likeness (QED) is 0.511. The average molecular weight is 544 g/mol. The minimum Gasteiger partial charge on any atom is -0.385 e. The Morgan fingerprint density at radius 3 is 2.56 bits per heavy atom. The van der Waals surface area contributed by atoms with E-state index in [1.807, 2.05) is 53.8 Å². The molecule has 2 amide bonds. The van der Waals surface area contributed by atoms with Crippen LogP contribution in [0.25, 0.3) is 0 Å². The molecular formula is C30H30ClN5O3. The largest absolute Gasteiger partial charge is 0.385 e. The number of fused-ring (bicyclic) bond motifs is 3. The van der Waals surface area contributed by atoms with Gasteiger partial charge < -0.3 is 14.9 Å². The van der Waals surface area contributed by atoms with Crippen LogP contribution < -0.4 is 0 Å². The van der Waals surface area contributed by atoms with Gasteiger partial charge in [-0.2, -0.15) is 10.4 Å². The molecule has 2 aliphatic heterocycles. The molecule has 2 aromatic carbocycles. The lowest BCUT2D eigenvalue weighted by Crippen LogP contribution is -2.45. The lowest BCUT2D eigenvalue weighted by molar-refractivity contribution is 0.0574. The van der Waals surface area contributed by atoms with Crippen molar-refractivity contribution in [2.75, 3.05) is 6.54 Å². The normalized spacial score (nSPS) is 22.1. The lowest BCUT2D eigenvalue weighted by atomic mass is 9.96. The SMILES string of the molecule is C[C@@H]1Cc2nn3c(c2CN1C(=O)c1ccc(Cl)c(C#N)c1)C(=O)N([C@H](C)c1ccc(C2(O)CC2)cc1)C[C@H]3C. The molecule has 3 aliphatic rings. The van der Waals surface area contributed by atoms with Crippen LogP contribution in [0.5, 0.6) is 0 Å². The number of carbonyl (C=O) groups is 2. The van der Waals surface area contributed by atoms with Crippen LogP contribution in [0.2, 0.25) is 5.02 Å². The van der Waals surface area contributed by atoms with Gasteiger partial charge in [0, 0.05) is 30.1 Å². The maximum absolute atomic E-state index is 14.0. The van der Waals surface area contributed by atoms with Gasteiger partial charge in [-0.1, -0.05) is 35.9 Å². The number of nitrogens with zero attached hydrogens (tertiary/aromatic N) is 5. The van der Waals surface area contributed by atoms with Crippen LogP contribution in [0.3, 0.4) is 0 Å². The van der Waals surface area contributed by atoms with Gasteiger partial charge >= 0.3 is 0 Å². The third kappa shape index (κ3) is 4.21. The summed E-state index contributed by atoms with van der Waals surface area (Å²) in [5.41, 5.74) is 4.06. The molecule has 0 saturated heterocycles. The Kier molecular flexibility index (Phi) is 6.05. The molecular weight excluding hydrogens is 514 g/mol. The van der Waals surface area contributed by atoms with Crippen molar-refractivity contribution in [2.24, 2.45) is 0 Å². The van der Waals surface area contributed by atoms with Crippen molar-refractivity contribution >= 4 is 23.4 Å². The van der Waals surface area contributed by atoms with E-state index in [2.05, 4.69) is 6.92 Å². The third-order valence-corrected chi connectivity index (χ3v) is 8.83. The molecule has 6 rings (SSSR count). The maximum atomic E-state index is 14.0. The minimum absolute atomic E-state index is 0.0221. The summed E-state index contributed by atoms with van der Waals surface area (Å²) in [6.07, 6.45) is 2.11. The summed E-state index contributed by atoms with van der Waals surface area (Å²) in [5.74, 6) is -0.306. The van der Waals surface area contributed by atoms with E-state index < -0.39 is 5.60 Å². The summed E-state index contributed by atoms with van der Waals surface area (Å²) in [4.78, 5) is 31.1. The first-order chi connectivity index (χ1) is 18.6. The molecule has 0 unspecified atom stereocenters. The first kappa shape index (κ1) is 25.6. The number of aromatic nitrogens is 2. The number of hydrogen-bond acceptors (Lipinski definition) is 5. The zero-order valence-corrected chi connectivity index (χ0v) is 22.9. The number of carbonyl (C=O) groups excluding carboxylic acids is 2. The highest BCUT2D eigenvalue weighted by molar-refractivity contribution is 6.31. The monoisotopic (exact) mass is 543 g/mol. The number of halogens is 1. The number of aliphatic hydroxyl groups is 1. The summed E-state index contributed by atoms with van der Waals surface area (Å²) in [6.45, 7) is 6.85. The third-order valence-electron chi connectivity index (χ3n) is 8.50. The molecule has 1 N–H and O–H groups in total. The molecule has 0 bridgehead atoms. The van der Waals surface area contributed by atoms with E-state index in [1.165, 1.54) is 6.07 Å². The fraction of sp³-hybridized carbons (Fsp3) is 0.400. The Morgan fingerprint density at radius 2 is 1.90 bits per heavy atom. The second kappa shape index (κ2) is 9.22. The Morgan fingerprint density at radius 1 is 1.18 bits per heavy atom. The first-order valence-electron chi connectivity index (χ1n) is 13.4. The minimum atomic E-state index is -0.689. The highest BCUT2D eigenvalue weighted by Gasteiger charge is 2.43. The van der Waals surface area contributed by atoms with Gasteiger partial charge in [0.15, 0.2) is 0 Å². The van der Waals surface area contributed by atoms with Gasteiger partial charge in [-0.15, -0.1) is 0 Å². The van der Waals surface area contributed by atoms with Crippen molar-refractivity contribution in [3.8, 4) is 6.07 Å². The van der Waals surface area contributed by atoms with Gasteiger partial charge in [-0.25, -0.2) is 0 Å². The molecule has 0 radical (unpaired) electrons. The molecule has 3 atom stereocenters. The first-order valence-corrected chi connectivity index (χ1v) is 13.7. The van der Waals surface area contributed by atoms with Crippen molar-refractivity contribution in [3.05, 3.63) is 86.7 Å². The Labute approximate surface area is 232 Å². The second-order valence-electron chi connectivity index (χ2n) is 11.1. The summed E-state index contributed by atoms with van der Waals surface area (Å²) in [7, 11) is 0. The van der Waals surface area contributed by atoms with Crippen LogP contribution in [-0.2, 0) is 18.6 Å². The van der Waals surface area contributed by atoms with Gasteiger partial charge in [0.05, 0.1) is 40.5 Å². The molecule has 1 saturated carbocycles. The lowest BCUT2D eigenvalue weighted by Gasteiger charge is -2.37. The van der Waals surface area contributed by atoms with Gasteiger partial charge in [0.1, 0.15) is 11.8 Å². The average Bonchev–Trinajstić information content (AvgIpc) is 3.57. The van der Waals surface area contributed by atoms with E-state index in [-0.39, 0.29) is 42.0 Å². The van der Waals surface area contributed by atoms with Crippen LogP contribution in [0, 0.1) is 11.3 Å². The number of benzene rings is 2. The smallest absolute Gasteiger partial charge is 0.273 e. The molecule has 3 heterocycles. The molecule has 1 aromatic heterocycles. The molecule has 1 fully saturated rings. The Balaban J connectivity index is 1.29. The standard InChI is InChI=1S/C30H30ClN5O3/c1-17-12-26-24(16-34(17)28(37)21-6-9-25(31)22(13-21)14-32)27-29(38)35(15-18(2)36(27)33-26)19(3)20-4-7-23(8-5-20)30(39)10-11-30/h4-9,13,17-19,39H,10-12,15-16H2,1-3H3/t17-,18-,19-/m1/s1. The van der Waals surface area contributed by atoms with Gasteiger partial charge in [-0.05, 0) is 62.9 Å². The summed E-state index contributed by atoms with van der Waals surface area (Å²) in [6, 6.07) is 14.4. The van der Waals surface area contributed by atoms with E-state index in [1.54, 1.807) is 17.0 Å². The van der Waals surface area contributed by atoms with Crippen LogP contribution in [0.15, 0.2) is 42.5 Å². The number of hydrogen-bond donors (Lipinski definition) is 1. The topological polar surface area (TPSA) is 102 Å². The summed E-state index contributed by atoms with van der Waals surface area (Å²) < 4.78 is 1.83. The summed E-state index contributed by atoms with van der Waals surface area (Å²) in [5, 5.41) is 24.9. The second-order valence-corrected chi connectivity index (χ2v) is 11.6. The number of amides is 2. The highest BCUT2D eigenvalue weighted by atomic mass is 35.5. The van der Waals surface area contributed by atoms with Crippen LogP contribution in [0.1, 0.15) is 94.5 Å². The van der Waals surface area contributed by atoms with Crippen molar-refractivity contribution in [2.45, 2.75) is 70.3 Å². The molecule has 200 valence electrons. The zero-order valence-electron chi connectivity index (χ0n) is 22.2. The molecule has 9 heteroatoms. The van der Waals surface area contributed by atoms with Crippen molar-refractivity contribution in [3.63, 3.8) is 0 Å². The molecule has 0 spiro atoms. The van der Waals surface area contributed by atoms with E-state index in [0.29, 0.717) is 29.2 Å². The molecule has 3 aromatic rings.